The first-order chi connectivity index (χ1) is 13.7. The van der Waals surface area contributed by atoms with Gasteiger partial charge >= 0.3 is 0 Å². The Labute approximate surface area is 173 Å². The molecule has 0 bridgehead atoms. The Balaban J connectivity index is 2.20. The van der Waals surface area contributed by atoms with Crippen molar-refractivity contribution in [2.24, 2.45) is 5.41 Å². The normalized spacial score (nSPS) is 12.6. The minimum absolute atomic E-state index is 0.00997. The molecule has 3 aromatic rings. The van der Waals surface area contributed by atoms with E-state index in [2.05, 4.69) is 45.9 Å². The van der Waals surface area contributed by atoms with Gasteiger partial charge in [0.25, 0.3) is 0 Å². The Hall–Kier alpha value is -2.94. The molecule has 152 valence electrons. The second kappa shape index (κ2) is 8.20. The van der Waals surface area contributed by atoms with Gasteiger partial charge in [-0.05, 0) is 70.5 Å². The topological polar surface area (TPSA) is 49.7 Å². The molecule has 1 atom stereocenters. The molecule has 0 saturated heterocycles. The van der Waals surface area contributed by atoms with Crippen molar-refractivity contribution in [3.8, 4) is 28.4 Å². The van der Waals surface area contributed by atoms with Crippen LogP contribution >= 0.6 is 0 Å². The number of benzene rings is 3. The SMILES string of the molecule is CCc1cc(-c2ccc(O)cc2)cc(C(c2ccc(OC)cc2)C(C)(C)C)c1O. The fraction of sp³-hybridized carbons (Fsp3) is 0.308. The third kappa shape index (κ3) is 4.40. The number of rotatable bonds is 5. The van der Waals surface area contributed by atoms with Gasteiger partial charge in [0.05, 0.1) is 7.11 Å². The van der Waals surface area contributed by atoms with E-state index in [1.165, 1.54) is 0 Å². The predicted molar refractivity (Wildman–Crippen MR) is 119 cm³/mol. The molecule has 0 amide bonds. The van der Waals surface area contributed by atoms with Crippen LogP contribution < -0.4 is 4.74 Å². The maximum Gasteiger partial charge on any atom is 0.122 e. The van der Waals surface area contributed by atoms with E-state index in [1.54, 1.807) is 19.2 Å². The lowest BCUT2D eigenvalue weighted by molar-refractivity contribution is 0.346. The number of phenolic OH excluding ortho intramolecular Hbond substituents is 2. The zero-order chi connectivity index (χ0) is 21.2. The lowest BCUT2D eigenvalue weighted by Crippen LogP contribution is -2.20. The van der Waals surface area contributed by atoms with Gasteiger partial charge in [-0.1, -0.05) is 52.0 Å². The average molecular weight is 391 g/mol. The molecule has 0 spiro atoms. The molecule has 2 N–H and O–H groups in total. The second-order valence-electron chi connectivity index (χ2n) is 8.55. The van der Waals surface area contributed by atoms with Crippen LogP contribution in [0.3, 0.4) is 0 Å². The van der Waals surface area contributed by atoms with Crippen LogP contribution in [0.2, 0.25) is 0 Å². The fourth-order valence-corrected chi connectivity index (χ4v) is 3.97. The zero-order valence-electron chi connectivity index (χ0n) is 17.9. The number of aryl methyl sites for hydroxylation is 1. The molecule has 0 aliphatic rings. The highest BCUT2D eigenvalue weighted by Crippen LogP contribution is 2.46. The molecule has 29 heavy (non-hydrogen) atoms. The maximum absolute atomic E-state index is 11.1. The highest BCUT2D eigenvalue weighted by Gasteiger charge is 2.31. The summed E-state index contributed by atoms with van der Waals surface area (Å²) in [4.78, 5) is 0. The van der Waals surface area contributed by atoms with Crippen LogP contribution in [0.25, 0.3) is 11.1 Å². The molecule has 3 rings (SSSR count). The van der Waals surface area contributed by atoms with Gasteiger partial charge in [0.2, 0.25) is 0 Å². The van der Waals surface area contributed by atoms with Gasteiger partial charge in [0.15, 0.2) is 0 Å². The summed E-state index contributed by atoms with van der Waals surface area (Å²) in [5.41, 5.74) is 4.93. The van der Waals surface area contributed by atoms with Crippen molar-refractivity contribution in [1.29, 1.82) is 0 Å². The lowest BCUT2D eigenvalue weighted by atomic mass is 9.71. The summed E-state index contributed by atoms with van der Waals surface area (Å²) >= 11 is 0. The number of methoxy groups -OCH3 is 1. The second-order valence-corrected chi connectivity index (χ2v) is 8.55. The van der Waals surface area contributed by atoms with Crippen molar-refractivity contribution in [2.75, 3.05) is 7.11 Å². The quantitative estimate of drug-likeness (QED) is 0.522. The number of aromatic hydroxyl groups is 2. The fourth-order valence-electron chi connectivity index (χ4n) is 3.97. The summed E-state index contributed by atoms with van der Waals surface area (Å²) in [6.07, 6.45) is 0.740. The largest absolute Gasteiger partial charge is 0.508 e. The summed E-state index contributed by atoms with van der Waals surface area (Å²) in [6.45, 7) is 8.64. The van der Waals surface area contributed by atoms with Crippen molar-refractivity contribution in [1.82, 2.24) is 0 Å². The minimum atomic E-state index is -0.106. The van der Waals surface area contributed by atoms with Gasteiger partial charge in [-0.25, -0.2) is 0 Å². The Morgan fingerprint density at radius 2 is 1.48 bits per heavy atom. The van der Waals surface area contributed by atoms with E-state index in [1.807, 2.05) is 30.3 Å². The first-order valence-electron chi connectivity index (χ1n) is 10.0. The zero-order valence-corrected chi connectivity index (χ0v) is 17.9. The Morgan fingerprint density at radius 1 is 0.862 bits per heavy atom. The van der Waals surface area contributed by atoms with Crippen LogP contribution in [-0.4, -0.2) is 17.3 Å². The van der Waals surface area contributed by atoms with Crippen molar-refractivity contribution >= 4 is 0 Å². The highest BCUT2D eigenvalue weighted by atomic mass is 16.5. The van der Waals surface area contributed by atoms with Gasteiger partial charge in [-0.3, -0.25) is 0 Å². The van der Waals surface area contributed by atoms with Crippen LogP contribution in [0, 0.1) is 5.41 Å². The first kappa shape index (κ1) is 20.8. The molecular weight excluding hydrogens is 360 g/mol. The van der Waals surface area contributed by atoms with Crippen LogP contribution in [0.4, 0.5) is 0 Å². The van der Waals surface area contributed by atoms with Crippen LogP contribution in [0.5, 0.6) is 17.2 Å². The van der Waals surface area contributed by atoms with Gasteiger partial charge in [0, 0.05) is 11.5 Å². The van der Waals surface area contributed by atoms with E-state index in [0.717, 1.165) is 40.0 Å². The molecule has 0 fully saturated rings. The standard InChI is InChI=1S/C26H30O3/c1-6-17-15-20(18-7-11-21(27)12-8-18)16-23(25(17)28)24(26(2,3)4)19-9-13-22(29-5)14-10-19/h7-16,24,27-28H,6H2,1-5H3. The van der Waals surface area contributed by atoms with Gasteiger partial charge in [-0.15, -0.1) is 0 Å². The monoisotopic (exact) mass is 390 g/mol. The molecule has 3 nitrogen and oxygen atoms in total. The number of hydrogen-bond donors (Lipinski definition) is 2. The van der Waals surface area contributed by atoms with E-state index >= 15 is 0 Å². The Morgan fingerprint density at radius 3 is 2.00 bits per heavy atom. The molecule has 0 radical (unpaired) electrons. The maximum atomic E-state index is 11.1. The summed E-state index contributed by atoms with van der Waals surface area (Å²) in [5, 5.41) is 20.8. The molecule has 0 aromatic heterocycles. The average Bonchev–Trinajstić information content (AvgIpc) is 2.69. The van der Waals surface area contributed by atoms with E-state index in [0.29, 0.717) is 5.75 Å². The summed E-state index contributed by atoms with van der Waals surface area (Å²) < 4.78 is 5.32. The van der Waals surface area contributed by atoms with Gasteiger partial charge < -0.3 is 14.9 Å². The molecule has 0 aliphatic carbocycles. The highest BCUT2D eigenvalue weighted by molar-refractivity contribution is 5.69. The van der Waals surface area contributed by atoms with Crippen molar-refractivity contribution in [3.05, 3.63) is 77.4 Å². The van der Waals surface area contributed by atoms with Gasteiger partial charge in [-0.2, -0.15) is 0 Å². The third-order valence-corrected chi connectivity index (χ3v) is 5.43. The summed E-state index contributed by atoms with van der Waals surface area (Å²) in [7, 11) is 1.66. The molecule has 1 unspecified atom stereocenters. The lowest BCUT2D eigenvalue weighted by Gasteiger charge is -2.33. The van der Waals surface area contributed by atoms with Crippen LogP contribution in [0.1, 0.15) is 50.3 Å². The Bertz CT molecular complexity index is 965. The molecule has 0 aliphatic heterocycles. The van der Waals surface area contributed by atoms with Crippen molar-refractivity contribution < 1.29 is 14.9 Å². The Kier molecular flexibility index (Phi) is 5.88. The smallest absolute Gasteiger partial charge is 0.122 e. The number of phenols is 2. The predicted octanol–water partition coefficient (Wildman–Crippen LogP) is 6.51. The number of ether oxygens (including phenoxy) is 1. The summed E-state index contributed by atoms with van der Waals surface area (Å²) in [6, 6.07) is 19.4. The van der Waals surface area contributed by atoms with E-state index < -0.39 is 0 Å². The molecule has 0 heterocycles. The molecular formula is C26H30O3. The molecule has 3 aromatic carbocycles. The minimum Gasteiger partial charge on any atom is -0.508 e. The van der Waals surface area contributed by atoms with E-state index in [-0.39, 0.29) is 17.1 Å². The van der Waals surface area contributed by atoms with E-state index in [4.69, 9.17) is 4.74 Å². The molecule has 3 heteroatoms. The third-order valence-electron chi connectivity index (χ3n) is 5.43. The van der Waals surface area contributed by atoms with Crippen molar-refractivity contribution in [3.63, 3.8) is 0 Å². The van der Waals surface area contributed by atoms with Crippen LogP contribution in [0.15, 0.2) is 60.7 Å². The number of hydrogen-bond acceptors (Lipinski definition) is 3. The summed E-state index contributed by atoms with van der Waals surface area (Å²) in [5.74, 6) is 1.44. The first-order valence-corrected chi connectivity index (χ1v) is 10.0. The van der Waals surface area contributed by atoms with Crippen molar-refractivity contribution in [2.45, 2.75) is 40.0 Å². The molecule has 0 saturated carbocycles. The van der Waals surface area contributed by atoms with Crippen LogP contribution in [-0.2, 0) is 6.42 Å². The van der Waals surface area contributed by atoms with E-state index in [9.17, 15) is 10.2 Å². The van der Waals surface area contributed by atoms with Gasteiger partial charge in [0.1, 0.15) is 17.2 Å².